The van der Waals surface area contributed by atoms with Crippen LogP contribution in [0.4, 0.5) is 18.3 Å². The van der Waals surface area contributed by atoms with Crippen LogP contribution in [0, 0.1) is 0 Å². The van der Waals surface area contributed by atoms with Crippen molar-refractivity contribution in [3.8, 4) is 5.75 Å². The van der Waals surface area contributed by atoms with E-state index in [1.54, 1.807) is 7.05 Å². The van der Waals surface area contributed by atoms with Crippen molar-refractivity contribution in [2.75, 3.05) is 18.6 Å². The van der Waals surface area contributed by atoms with Crippen LogP contribution >= 0.6 is 11.3 Å². The van der Waals surface area contributed by atoms with Crippen LogP contribution in [0.3, 0.4) is 0 Å². The van der Waals surface area contributed by atoms with Gasteiger partial charge >= 0.3 is 6.18 Å². The Hall–Kier alpha value is -2.09. The molecule has 134 valence electrons. The number of amides is 1. The van der Waals surface area contributed by atoms with E-state index in [-0.39, 0.29) is 5.75 Å². The van der Waals surface area contributed by atoms with E-state index in [1.165, 1.54) is 39.3 Å². The van der Waals surface area contributed by atoms with E-state index in [2.05, 4.69) is 4.98 Å². The quantitative estimate of drug-likeness (QED) is 0.814. The third-order valence-corrected chi connectivity index (χ3v) is 5.27. The first-order valence-electron chi connectivity index (χ1n) is 7.90. The normalized spacial score (nSPS) is 14.1. The number of likely N-dealkylation sites (N-methyl/N-ethyl adjacent to an activating group) is 1. The standard InChI is InChI=1S/C17H17F3N2O2S/c1-22(16-21-12-7-3-5-9-14(12)25-16)15(23)10-24-13-8-4-2-6-11(13)17(18,19)20/h2,4,6,8H,3,5,7,9-10H2,1H3. The molecule has 1 aromatic heterocycles. The summed E-state index contributed by atoms with van der Waals surface area (Å²) >= 11 is 1.46. The Kier molecular flexibility index (Phi) is 4.99. The van der Waals surface area contributed by atoms with Crippen LogP contribution in [0.2, 0.25) is 0 Å². The minimum atomic E-state index is -4.53. The third kappa shape index (κ3) is 3.95. The highest BCUT2D eigenvalue weighted by Gasteiger charge is 2.34. The molecule has 0 saturated carbocycles. The van der Waals surface area contributed by atoms with Crippen LogP contribution in [0.15, 0.2) is 24.3 Å². The minimum Gasteiger partial charge on any atom is -0.483 e. The molecule has 3 rings (SSSR count). The van der Waals surface area contributed by atoms with Gasteiger partial charge in [0.2, 0.25) is 0 Å². The first-order valence-corrected chi connectivity index (χ1v) is 8.72. The molecule has 0 atom stereocenters. The molecule has 0 fully saturated rings. The van der Waals surface area contributed by atoms with E-state index in [0.717, 1.165) is 37.4 Å². The maximum absolute atomic E-state index is 12.9. The zero-order chi connectivity index (χ0) is 18.0. The number of hydrogen-bond donors (Lipinski definition) is 0. The molecule has 2 aromatic rings. The highest BCUT2D eigenvalue weighted by atomic mass is 32.1. The van der Waals surface area contributed by atoms with Gasteiger partial charge in [-0.05, 0) is 37.8 Å². The van der Waals surface area contributed by atoms with Crippen molar-refractivity contribution < 1.29 is 22.7 Å². The molecule has 0 saturated heterocycles. The summed E-state index contributed by atoms with van der Waals surface area (Å²) in [4.78, 5) is 19.3. The van der Waals surface area contributed by atoms with Crippen LogP contribution in [-0.2, 0) is 23.8 Å². The van der Waals surface area contributed by atoms with E-state index >= 15 is 0 Å². The Balaban J connectivity index is 1.68. The number of para-hydroxylation sites is 1. The zero-order valence-corrected chi connectivity index (χ0v) is 14.4. The summed E-state index contributed by atoms with van der Waals surface area (Å²) in [6, 6.07) is 4.86. The van der Waals surface area contributed by atoms with Gasteiger partial charge in [0.05, 0.1) is 11.3 Å². The number of halogens is 3. The fraction of sp³-hybridized carbons (Fsp3) is 0.412. The number of alkyl halides is 3. The number of hydrogen-bond acceptors (Lipinski definition) is 4. The Morgan fingerprint density at radius 3 is 2.72 bits per heavy atom. The van der Waals surface area contributed by atoms with Crippen LogP contribution in [-0.4, -0.2) is 24.5 Å². The molecule has 1 aliphatic carbocycles. The molecule has 0 radical (unpaired) electrons. The van der Waals surface area contributed by atoms with Gasteiger partial charge in [-0.15, -0.1) is 11.3 Å². The monoisotopic (exact) mass is 370 g/mol. The number of aryl methyl sites for hydroxylation is 2. The van der Waals surface area contributed by atoms with Crippen molar-refractivity contribution >= 4 is 22.4 Å². The Labute approximate surface area is 147 Å². The van der Waals surface area contributed by atoms with Crippen molar-refractivity contribution in [3.05, 3.63) is 40.4 Å². The minimum absolute atomic E-state index is 0.352. The SMILES string of the molecule is CN(C(=O)COc1ccccc1C(F)(F)F)c1nc2c(s1)CCCC2. The second kappa shape index (κ2) is 7.03. The molecule has 0 N–H and O–H groups in total. The van der Waals surface area contributed by atoms with Gasteiger partial charge in [0, 0.05) is 11.9 Å². The van der Waals surface area contributed by atoms with Gasteiger partial charge < -0.3 is 4.74 Å². The molecule has 1 aromatic carbocycles. The number of benzene rings is 1. The largest absolute Gasteiger partial charge is 0.483 e. The van der Waals surface area contributed by atoms with Crippen molar-refractivity contribution in [2.45, 2.75) is 31.9 Å². The number of thiazole rings is 1. The Bertz CT molecular complexity index is 750. The number of nitrogens with zero attached hydrogens (tertiary/aromatic N) is 2. The van der Waals surface area contributed by atoms with Gasteiger partial charge in [-0.3, -0.25) is 9.69 Å². The van der Waals surface area contributed by atoms with E-state index < -0.39 is 24.3 Å². The van der Waals surface area contributed by atoms with Gasteiger partial charge in [0.1, 0.15) is 5.75 Å². The smallest absolute Gasteiger partial charge is 0.419 e. The van der Waals surface area contributed by atoms with E-state index in [1.807, 2.05) is 0 Å². The third-order valence-electron chi connectivity index (χ3n) is 4.04. The molecule has 1 heterocycles. The summed E-state index contributed by atoms with van der Waals surface area (Å²) in [5.74, 6) is -0.793. The fourth-order valence-electron chi connectivity index (χ4n) is 2.65. The number of fused-ring (bicyclic) bond motifs is 1. The van der Waals surface area contributed by atoms with E-state index in [0.29, 0.717) is 5.13 Å². The highest BCUT2D eigenvalue weighted by Crippen LogP contribution is 2.36. The molecular weight excluding hydrogens is 353 g/mol. The maximum atomic E-state index is 12.9. The summed E-state index contributed by atoms with van der Waals surface area (Å²) in [5.41, 5.74) is 0.129. The fourth-order valence-corrected chi connectivity index (χ4v) is 3.78. The van der Waals surface area contributed by atoms with E-state index in [9.17, 15) is 18.0 Å². The predicted octanol–water partition coefficient (Wildman–Crippen LogP) is 4.08. The molecule has 0 bridgehead atoms. The summed E-state index contributed by atoms with van der Waals surface area (Å²) < 4.78 is 44.0. The zero-order valence-electron chi connectivity index (χ0n) is 13.6. The van der Waals surface area contributed by atoms with Crippen LogP contribution in [0.1, 0.15) is 29.0 Å². The number of ether oxygens (including phenoxy) is 1. The molecule has 4 nitrogen and oxygen atoms in total. The summed E-state index contributed by atoms with van der Waals surface area (Å²) in [7, 11) is 1.56. The first kappa shape index (κ1) is 17.7. The second-order valence-corrected chi connectivity index (χ2v) is 6.87. The number of carbonyl (C=O) groups is 1. The number of anilines is 1. The van der Waals surface area contributed by atoms with Crippen LogP contribution in [0.5, 0.6) is 5.75 Å². The average molecular weight is 370 g/mol. The van der Waals surface area contributed by atoms with Gasteiger partial charge in [-0.1, -0.05) is 12.1 Å². The second-order valence-electron chi connectivity index (χ2n) is 5.81. The molecule has 25 heavy (non-hydrogen) atoms. The maximum Gasteiger partial charge on any atom is 0.419 e. The molecular formula is C17H17F3N2O2S. The van der Waals surface area contributed by atoms with Crippen LogP contribution < -0.4 is 9.64 Å². The molecule has 1 aliphatic rings. The van der Waals surface area contributed by atoms with Gasteiger partial charge in [-0.2, -0.15) is 13.2 Å². The molecule has 1 amide bonds. The average Bonchev–Trinajstić information content (AvgIpc) is 3.02. The Morgan fingerprint density at radius 2 is 2.00 bits per heavy atom. The topological polar surface area (TPSA) is 42.4 Å². The number of rotatable bonds is 4. The number of aromatic nitrogens is 1. The van der Waals surface area contributed by atoms with Crippen molar-refractivity contribution in [1.29, 1.82) is 0 Å². The van der Waals surface area contributed by atoms with Crippen molar-refractivity contribution in [2.24, 2.45) is 0 Å². The lowest BCUT2D eigenvalue weighted by molar-refractivity contribution is -0.139. The first-order chi connectivity index (χ1) is 11.9. The van der Waals surface area contributed by atoms with Gasteiger partial charge in [-0.25, -0.2) is 4.98 Å². The lowest BCUT2D eigenvalue weighted by Crippen LogP contribution is -2.31. The molecule has 0 unspecified atom stereocenters. The summed E-state index contributed by atoms with van der Waals surface area (Å²) in [5, 5.41) is 0.560. The van der Waals surface area contributed by atoms with Crippen LogP contribution in [0.25, 0.3) is 0 Å². The Morgan fingerprint density at radius 1 is 1.28 bits per heavy atom. The van der Waals surface area contributed by atoms with Gasteiger partial charge in [0.25, 0.3) is 5.91 Å². The van der Waals surface area contributed by atoms with E-state index in [4.69, 9.17) is 4.74 Å². The van der Waals surface area contributed by atoms with Crippen molar-refractivity contribution in [3.63, 3.8) is 0 Å². The summed E-state index contributed by atoms with van der Waals surface area (Å²) in [6.07, 6.45) is -0.456. The number of carbonyl (C=O) groups excluding carboxylic acids is 1. The lowest BCUT2D eigenvalue weighted by Gasteiger charge is -2.16. The molecule has 8 heteroatoms. The summed E-state index contributed by atoms with van der Waals surface area (Å²) in [6.45, 7) is -0.478. The highest BCUT2D eigenvalue weighted by molar-refractivity contribution is 7.15. The molecule has 0 spiro atoms. The lowest BCUT2D eigenvalue weighted by atomic mass is 10.0. The van der Waals surface area contributed by atoms with Crippen molar-refractivity contribution in [1.82, 2.24) is 4.98 Å². The van der Waals surface area contributed by atoms with Gasteiger partial charge in [0.15, 0.2) is 11.7 Å². The predicted molar refractivity (Wildman–Crippen MR) is 89.1 cm³/mol. The molecule has 0 aliphatic heterocycles.